The summed E-state index contributed by atoms with van der Waals surface area (Å²) in [4.78, 5) is 0. The molecule has 0 aromatic heterocycles. The van der Waals surface area contributed by atoms with Crippen molar-refractivity contribution in [3.63, 3.8) is 0 Å². The van der Waals surface area contributed by atoms with Crippen LogP contribution < -0.4 is 5.32 Å². The molecule has 0 spiro atoms. The van der Waals surface area contributed by atoms with E-state index in [2.05, 4.69) is 33.0 Å². The van der Waals surface area contributed by atoms with Crippen molar-refractivity contribution in [2.75, 3.05) is 18.1 Å². The Morgan fingerprint density at radius 2 is 1.80 bits per heavy atom. The molecule has 0 aromatic carbocycles. The van der Waals surface area contributed by atoms with Crippen LogP contribution in [-0.2, 0) is 0 Å². The molecule has 1 unspecified atom stereocenters. The Morgan fingerprint density at radius 1 is 1.07 bits per heavy atom. The van der Waals surface area contributed by atoms with Crippen molar-refractivity contribution in [2.24, 2.45) is 5.92 Å². The Morgan fingerprint density at radius 3 is 2.40 bits per heavy atom. The lowest BCUT2D eigenvalue weighted by Gasteiger charge is -2.14. The van der Waals surface area contributed by atoms with E-state index in [1.165, 1.54) is 43.7 Å². The van der Waals surface area contributed by atoms with Crippen LogP contribution in [0.2, 0.25) is 0 Å². The fourth-order valence-electron chi connectivity index (χ4n) is 1.60. The summed E-state index contributed by atoms with van der Waals surface area (Å²) in [5, 5.41) is 3.60. The number of hydrogen-bond donors (Lipinski definition) is 1. The first-order valence-electron chi connectivity index (χ1n) is 6.48. The minimum Gasteiger partial charge on any atom is -0.314 e. The van der Waals surface area contributed by atoms with Crippen LogP contribution in [0.25, 0.3) is 0 Å². The topological polar surface area (TPSA) is 12.0 Å². The Hall–Kier alpha value is 0.310. The molecule has 0 fully saturated rings. The lowest BCUT2D eigenvalue weighted by atomic mass is 10.0. The lowest BCUT2D eigenvalue weighted by Crippen LogP contribution is -2.27. The zero-order valence-corrected chi connectivity index (χ0v) is 11.8. The standard InChI is InChI=1S/C13H29NS/c1-5-15-11-7-10-14-13(4)9-6-8-12(2)3/h12-14H,5-11H2,1-4H3. The molecule has 0 rings (SSSR count). The molecule has 0 aliphatic carbocycles. The van der Waals surface area contributed by atoms with E-state index < -0.39 is 0 Å². The summed E-state index contributed by atoms with van der Waals surface area (Å²) in [5.41, 5.74) is 0. The highest BCUT2D eigenvalue weighted by Crippen LogP contribution is 2.08. The molecule has 0 aliphatic heterocycles. The predicted octanol–water partition coefficient (Wildman–Crippen LogP) is 3.93. The molecule has 0 radical (unpaired) electrons. The number of nitrogens with one attached hydrogen (secondary N) is 1. The van der Waals surface area contributed by atoms with Gasteiger partial charge in [0.25, 0.3) is 0 Å². The lowest BCUT2D eigenvalue weighted by molar-refractivity contribution is 0.458. The van der Waals surface area contributed by atoms with Gasteiger partial charge in [-0.25, -0.2) is 0 Å². The second-order valence-corrected chi connectivity index (χ2v) is 6.12. The van der Waals surface area contributed by atoms with Gasteiger partial charge in [-0.15, -0.1) is 0 Å². The van der Waals surface area contributed by atoms with Gasteiger partial charge in [-0.2, -0.15) is 11.8 Å². The summed E-state index contributed by atoms with van der Waals surface area (Å²) in [6.45, 7) is 10.3. The van der Waals surface area contributed by atoms with Crippen molar-refractivity contribution in [2.45, 2.75) is 59.4 Å². The van der Waals surface area contributed by atoms with Crippen LogP contribution in [0.4, 0.5) is 0 Å². The first kappa shape index (κ1) is 15.3. The third kappa shape index (κ3) is 12.2. The van der Waals surface area contributed by atoms with E-state index >= 15 is 0 Å². The highest BCUT2D eigenvalue weighted by Gasteiger charge is 2.01. The van der Waals surface area contributed by atoms with E-state index in [9.17, 15) is 0 Å². The highest BCUT2D eigenvalue weighted by molar-refractivity contribution is 7.99. The van der Waals surface area contributed by atoms with E-state index in [1.54, 1.807) is 0 Å². The average Bonchev–Trinajstić information content (AvgIpc) is 2.17. The molecule has 1 nitrogen and oxygen atoms in total. The molecule has 92 valence electrons. The second kappa shape index (κ2) is 10.8. The zero-order chi connectivity index (χ0) is 11.5. The average molecular weight is 231 g/mol. The van der Waals surface area contributed by atoms with Crippen molar-refractivity contribution in [1.29, 1.82) is 0 Å². The van der Waals surface area contributed by atoms with Crippen LogP contribution in [0.1, 0.15) is 53.4 Å². The Labute approximate surface area is 101 Å². The van der Waals surface area contributed by atoms with Gasteiger partial charge in [0.1, 0.15) is 0 Å². The minimum atomic E-state index is 0.704. The third-order valence-corrected chi connectivity index (χ3v) is 3.57. The zero-order valence-electron chi connectivity index (χ0n) is 11.0. The Kier molecular flexibility index (Phi) is 11.0. The first-order chi connectivity index (χ1) is 7.16. The van der Waals surface area contributed by atoms with Crippen molar-refractivity contribution in [3.8, 4) is 0 Å². The summed E-state index contributed by atoms with van der Waals surface area (Å²) < 4.78 is 0. The molecule has 0 saturated heterocycles. The Balaban J connectivity index is 3.15. The quantitative estimate of drug-likeness (QED) is 0.572. The van der Waals surface area contributed by atoms with E-state index in [-0.39, 0.29) is 0 Å². The van der Waals surface area contributed by atoms with Gasteiger partial charge in [-0.1, -0.05) is 33.6 Å². The monoisotopic (exact) mass is 231 g/mol. The summed E-state index contributed by atoms with van der Waals surface area (Å²) >= 11 is 2.04. The van der Waals surface area contributed by atoms with E-state index in [0.29, 0.717) is 6.04 Å². The van der Waals surface area contributed by atoms with Crippen LogP contribution in [0.15, 0.2) is 0 Å². The molecular formula is C13H29NS. The summed E-state index contributed by atoms with van der Waals surface area (Å²) in [7, 11) is 0. The molecule has 0 saturated carbocycles. The maximum Gasteiger partial charge on any atom is 0.00387 e. The van der Waals surface area contributed by atoms with Crippen molar-refractivity contribution >= 4 is 11.8 Å². The van der Waals surface area contributed by atoms with E-state index in [0.717, 1.165) is 5.92 Å². The van der Waals surface area contributed by atoms with Gasteiger partial charge in [-0.3, -0.25) is 0 Å². The largest absolute Gasteiger partial charge is 0.314 e. The van der Waals surface area contributed by atoms with Gasteiger partial charge in [0.05, 0.1) is 0 Å². The predicted molar refractivity (Wildman–Crippen MR) is 73.8 cm³/mol. The van der Waals surface area contributed by atoms with Crippen LogP contribution in [-0.4, -0.2) is 24.1 Å². The van der Waals surface area contributed by atoms with Crippen LogP contribution >= 0.6 is 11.8 Å². The fraction of sp³-hybridized carbons (Fsp3) is 1.00. The van der Waals surface area contributed by atoms with Gasteiger partial charge >= 0.3 is 0 Å². The van der Waals surface area contributed by atoms with Gasteiger partial charge in [0.2, 0.25) is 0 Å². The number of thioether (sulfide) groups is 1. The highest BCUT2D eigenvalue weighted by atomic mass is 32.2. The molecular weight excluding hydrogens is 202 g/mol. The van der Waals surface area contributed by atoms with Gasteiger partial charge in [-0.05, 0) is 43.7 Å². The molecule has 1 atom stereocenters. The van der Waals surface area contributed by atoms with E-state index in [4.69, 9.17) is 0 Å². The fourth-order valence-corrected chi connectivity index (χ4v) is 2.24. The molecule has 2 heteroatoms. The van der Waals surface area contributed by atoms with Crippen LogP contribution in [0.3, 0.4) is 0 Å². The minimum absolute atomic E-state index is 0.704. The van der Waals surface area contributed by atoms with Gasteiger partial charge in [0, 0.05) is 6.04 Å². The smallest absolute Gasteiger partial charge is 0.00387 e. The van der Waals surface area contributed by atoms with Gasteiger partial charge < -0.3 is 5.32 Å². The molecule has 0 amide bonds. The second-order valence-electron chi connectivity index (χ2n) is 4.73. The van der Waals surface area contributed by atoms with Gasteiger partial charge in [0.15, 0.2) is 0 Å². The molecule has 1 N–H and O–H groups in total. The molecule has 0 aromatic rings. The normalized spacial score (nSPS) is 13.4. The SMILES string of the molecule is CCSCCCNC(C)CCCC(C)C. The van der Waals surface area contributed by atoms with Crippen LogP contribution in [0, 0.1) is 5.92 Å². The maximum atomic E-state index is 3.60. The first-order valence-corrected chi connectivity index (χ1v) is 7.63. The number of rotatable bonds is 10. The third-order valence-electron chi connectivity index (χ3n) is 2.58. The Bertz CT molecular complexity index is 126. The summed E-state index contributed by atoms with van der Waals surface area (Å²) in [6.07, 6.45) is 5.39. The summed E-state index contributed by atoms with van der Waals surface area (Å²) in [5.74, 6) is 3.42. The molecule has 15 heavy (non-hydrogen) atoms. The molecule has 0 bridgehead atoms. The van der Waals surface area contributed by atoms with Crippen molar-refractivity contribution in [3.05, 3.63) is 0 Å². The summed E-state index contributed by atoms with van der Waals surface area (Å²) in [6, 6.07) is 0.704. The van der Waals surface area contributed by atoms with Crippen molar-refractivity contribution in [1.82, 2.24) is 5.32 Å². The van der Waals surface area contributed by atoms with Crippen LogP contribution in [0.5, 0.6) is 0 Å². The maximum absolute atomic E-state index is 3.60. The van der Waals surface area contributed by atoms with E-state index in [1.807, 2.05) is 11.8 Å². The number of hydrogen-bond acceptors (Lipinski definition) is 2. The molecule has 0 heterocycles. The molecule has 0 aliphatic rings. The van der Waals surface area contributed by atoms with Crippen molar-refractivity contribution < 1.29 is 0 Å².